The van der Waals surface area contributed by atoms with Gasteiger partial charge in [-0.25, -0.2) is 0 Å². The summed E-state index contributed by atoms with van der Waals surface area (Å²) in [6.45, 7) is 9.42. The van der Waals surface area contributed by atoms with Crippen LogP contribution in [0.4, 0.5) is 0 Å². The van der Waals surface area contributed by atoms with Crippen LogP contribution in [-0.4, -0.2) is 24.9 Å². The van der Waals surface area contributed by atoms with Crippen molar-refractivity contribution in [2.45, 2.75) is 37.3 Å². The van der Waals surface area contributed by atoms with Crippen LogP contribution < -0.4 is 11.1 Å². The molecule has 2 nitrogen and oxygen atoms in total. The standard InChI is InChI=1S/C15H26N2S/c1-12(2)18-15-6-4-14(5-7-15)8-9-17-11-13(3)10-16/h4-7,12-13,17H,8-11,16H2,1-3H3. The number of hydrogen-bond acceptors (Lipinski definition) is 3. The van der Waals surface area contributed by atoms with Crippen LogP contribution in [0.15, 0.2) is 29.2 Å². The van der Waals surface area contributed by atoms with Crippen LogP contribution in [0.1, 0.15) is 26.3 Å². The fourth-order valence-corrected chi connectivity index (χ4v) is 2.51. The van der Waals surface area contributed by atoms with Crippen molar-refractivity contribution in [2.75, 3.05) is 19.6 Å². The number of thioether (sulfide) groups is 1. The topological polar surface area (TPSA) is 38.0 Å². The lowest BCUT2D eigenvalue weighted by Crippen LogP contribution is -2.27. The van der Waals surface area contributed by atoms with E-state index in [1.54, 1.807) is 0 Å². The monoisotopic (exact) mass is 266 g/mol. The fraction of sp³-hybridized carbons (Fsp3) is 0.600. The van der Waals surface area contributed by atoms with E-state index in [2.05, 4.69) is 50.4 Å². The number of nitrogens with one attached hydrogen (secondary N) is 1. The molecule has 102 valence electrons. The first-order valence-electron chi connectivity index (χ1n) is 6.78. The highest BCUT2D eigenvalue weighted by atomic mass is 32.2. The van der Waals surface area contributed by atoms with Crippen LogP contribution in [0.3, 0.4) is 0 Å². The Balaban J connectivity index is 2.26. The number of benzene rings is 1. The van der Waals surface area contributed by atoms with Crippen LogP contribution in [0.2, 0.25) is 0 Å². The Kier molecular flexibility index (Phi) is 7.40. The average Bonchev–Trinajstić information content (AvgIpc) is 2.35. The molecule has 0 aliphatic heterocycles. The predicted molar refractivity (Wildman–Crippen MR) is 82.2 cm³/mol. The zero-order valence-electron chi connectivity index (χ0n) is 11.8. The summed E-state index contributed by atoms with van der Waals surface area (Å²) >= 11 is 1.91. The third-order valence-electron chi connectivity index (χ3n) is 2.78. The van der Waals surface area contributed by atoms with Crippen molar-refractivity contribution in [3.8, 4) is 0 Å². The molecule has 1 rings (SSSR count). The van der Waals surface area contributed by atoms with E-state index < -0.39 is 0 Å². The molecule has 0 radical (unpaired) electrons. The van der Waals surface area contributed by atoms with Crippen LogP contribution in [0.5, 0.6) is 0 Å². The maximum atomic E-state index is 5.58. The van der Waals surface area contributed by atoms with Crippen LogP contribution >= 0.6 is 11.8 Å². The van der Waals surface area contributed by atoms with Crippen molar-refractivity contribution in [1.82, 2.24) is 5.32 Å². The summed E-state index contributed by atoms with van der Waals surface area (Å²) < 4.78 is 0. The van der Waals surface area contributed by atoms with Gasteiger partial charge in [0, 0.05) is 10.1 Å². The van der Waals surface area contributed by atoms with Gasteiger partial charge in [-0.15, -0.1) is 11.8 Å². The molecular weight excluding hydrogens is 240 g/mol. The van der Waals surface area contributed by atoms with Crippen molar-refractivity contribution in [3.05, 3.63) is 29.8 Å². The van der Waals surface area contributed by atoms with Gasteiger partial charge in [0.25, 0.3) is 0 Å². The molecule has 1 unspecified atom stereocenters. The van der Waals surface area contributed by atoms with Crippen molar-refractivity contribution in [3.63, 3.8) is 0 Å². The molecule has 0 saturated heterocycles. The molecule has 0 aliphatic rings. The summed E-state index contributed by atoms with van der Waals surface area (Å²) in [6, 6.07) is 8.92. The Morgan fingerprint density at radius 1 is 1.17 bits per heavy atom. The number of hydrogen-bond donors (Lipinski definition) is 2. The molecular formula is C15H26N2S. The molecule has 1 aromatic rings. The molecule has 3 heteroatoms. The molecule has 0 heterocycles. The first-order valence-corrected chi connectivity index (χ1v) is 7.66. The summed E-state index contributed by atoms with van der Waals surface area (Å²) in [5, 5.41) is 4.09. The maximum absolute atomic E-state index is 5.58. The quantitative estimate of drug-likeness (QED) is 0.561. The summed E-state index contributed by atoms with van der Waals surface area (Å²) in [5.74, 6) is 0.565. The van der Waals surface area contributed by atoms with Crippen molar-refractivity contribution in [1.29, 1.82) is 0 Å². The molecule has 18 heavy (non-hydrogen) atoms. The lowest BCUT2D eigenvalue weighted by atomic mass is 10.1. The Bertz CT molecular complexity index is 322. The molecule has 3 N–H and O–H groups in total. The summed E-state index contributed by atoms with van der Waals surface area (Å²) in [5.41, 5.74) is 6.98. The van der Waals surface area contributed by atoms with Gasteiger partial charge in [-0.3, -0.25) is 0 Å². The zero-order valence-corrected chi connectivity index (χ0v) is 12.6. The van der Waals surface area contributed by atoms with Crippen LogP contribution in [-0.2, 0) is 6.42 Å². The van der Waals surface area contributed by atoms with Gasteiger partial charge in [0.05, 0.1) is 0 Å². The lowest BCUT2D eigenvalue weighted by molar-refractivity contribution is 0.524. The Morgan fingerprint density at radius 2 is 1.83 bits per heavy atom. The second kappa shape index (κ2) is 8.57. The van der Waals surface area contributed by atoms with E-state index in [1.807, 2.05) is 11.8 Å². The summed E-state index contributed by atoms with van der Waals surface area (Å²) in [6.07, 6.45) is 1.09. The first kappa shape index (κ1) is 15.5. The van der Waals surface area contributed by atoms with E-state index in [0.29, 0.717) is 11.2 Å². The summed E-state index contributed by atoms with van der Waals surface area (Å²) in [7, 11) is 0. The molecule has 0 amide bonds. The van der Waals surface area contributed by atoms with Gasteiger partial charge >= 0.3 is 0 Å². The third-order valence-corrected chi connectivity index (χ3v) is 3.80. The van der Waals surface area contributed by atoms with E-state index >= 15 is 0 Å². The fourth-order valence-electron chi connectivity index (χ4n) is 1.67. The highest BCUT2D eigenvalue weighted by Gasteiger charge is 2.00. The highest BCUT2D eigenvalue weighted by Crippen LogP contribution is 2.22. The second-order valence-electron chi connectivity index (χ2n) is 5.11. The van der Waals surface area contributed by atoms with E-state index in [9.17, 15) is 0 Å². The third kappa shape index (κ3) is 6.43. The SMILES string of the molecule is CC(CN)CNCCc1ccc(SC(C)C)cc1. The summed E-state index contributed by atoms with van der Waals surface area (Å²) in [4.78, 5) is 1.36. The lowest BCUT2D eigenvalue weighted by Gasteiger charge is -2.10. The largest absolute Gasteiger partial charge is 0.330 e. The van der Waals surface area contributed by atoms with E-state index in [0.717, 1.165) is 26.1 Å². The van der Waals surface area contributed by atoms with Crippen molar-refractivity contribution >= 4 is 11.8 Å². The van der Waals surface area contributed by atoms with Gasteiger partial charge in [0.1, 0.15) is 0 Å². The average molecular weight is 266 g/mol. The number of nitrogens with two attached hydrogens (primary N) is 1. The predicted octanol–water partition coefficient (Wildman–Crippen LogP) is 2.91. The molecule has 0 aliphatic carbocycles. The van der Waals surface area contributed by atoms with Crippen LogP contribution in [0, 0.1) is 5.92 Å². The Hall–Kier alpha value is -0.510. The van der Waals surface area contributed by atoms with Gasteiger partial charge in [-0.2, -0.15) is 0 Å². The van der Waals surface area contributed by atoms with Crippen molar-refractivity contribution in [2.24, 2.45) is 11.7 Å². The minimum absolute atomic E-state index is 0.565. The van der Waals surface area contributed by atoms with Crippen LogP contribution in [0.25, 0.3) is 0 Å². The molecule has 1 aromatic carbocycles. The Morgan fingerprint density at radius 3 is 2.39 bits per heavy atom. The van der Waals surface area contributed by atoms with Gasteiger partial charge < -0.3 is 11.1 Å². The molecule has 0 saturated carbocycles. The Labute approximate surface area is 116 Å². The normalized spacial score (nSPS) is 12.9. The smallest absolute Gasteiger partial charge is 0.00747 e. The minimum atomic E-state index is 0.565. The van der Waals surface area contributed by atoms with E-state index in [4.69, 9.17) is 5.73 Å². The first-order chi connectivity index (χ1) is 8.61. The molecule has 1 atom stereocenters. The highest BCUT2D eigenvalue weighted by molar-refractivity contribution is 7.99. The number of rotatable bonds is 8. The van der Waals surface area contributed by atoms with Gasteiger partial charge in [-0.1, -0.05) is 32.9 Å². The van der Waals surface area contributed by atoms with E-state index in [1.165, 1.54) is 10.5 Å². The molecule has 0 bridgehead atoms. The minimum Gasteiger partial charge on any atom is -0.330 e. The zero-order chi connectivity index (χ0) is 13.4. The second-order valence-corrected chi connectivity index (χ2v) is 6.76. The van der Waals surface area contributed by atoms with E-state index in [-0.39, 0.29) is 0 Å². The van der Waals surface area contributed by atoms with Gasteiger partial charge in [0.15, 0.2) is 0 Å². The van der Waals surface area contributed by atoms with Gasteiger partial charge in [-0.05, 0) is 49.7 Å². The van der Waals surface area contributed by atoms with Crippen molar-refractivity contribution < 1.29 is 0 Å². The maximum Gasteiger partial charge on any atom is 0.00747 e. The molecule has 0 fully saturated rings. The van der Waals surface area contributed by atoms with Gasteiger partial charge in [0.2, 0.25) is 0 Å². The molecule has 0 aromatic heterocycles. The molecule has 0 spiro atoms.